The van der Waals surface area contributed by atoms with Crippen molar-refractivity contribution >= 4 is 21.6 Å². The number of ether oxygens (including phenoxy) is 2. The van der Waals surface area contributed by atoms with Gasteiger partial charge in [-0.25, -0.2) is 8.42 Å². The molecule has 2 N–H and O–H groups in total. The maximum Gasteiger partial charge on any atom is 0.161 e. The van der Waals surface area contributed by atoms with Crippen LogP contribution in [0.4, 0.5) is 0 Å². The highest BCUT2D eigenvalue weighted by atomic mass is 32.2. The first kappa shape index (κ1) is 15.5. The molecule has 112 valence electrons. The fourth-order valence-corrected chi connectivity index (χ4v) is 4.10. The lowest BCUT2D eigenvalue weighted by molar-refractivity contribution is 0.171. The molecule has 1 unspecified atom stereocenters. The lowest BCUT2D eigenvalue weighted by atomic mass is 10.1. The molecule has 0 saturated heterocycles. The molecular weight excluding hydrogens is 298 g/mol. The fourth-order valence-electron chi connectivity index (χ4n) is 1.81. The van der Waals surface area contributed by atoms with Crippen LogP contribution in [0.3, 0.4) is 0 Å². The smallest absolute Gasteiger partial charge is 0.161 e. The quantitative estimate of drug-likeness (QED) is 0.795. The molecule has 0 saturated carbocycles. The highest BCUT2D eigenvalue weighted by Crippen LogP contribution is 2.32. The van der Waals surface area contributed by atoms with Crippen LogP contribution in [0.1, 0.15) is 11.6 Å². The summed E-state index contributed by atoms with van der Waals surface area (Å²) in [5, 5.41) is 0. The standard InChI is InChI=1S/C13H19NO4S2/c1-20(15,16)7-6-19-9-11(14)10-2-3-12-13(8-10)18-5-4-17-12/h2-3,8,11H,4-7,9,14H2,1H3. The van der Waals surface area contributed by atoms with Crippen molar-refractivity contribution < 1.29 is 17.9 Å². The van der Waals surface area contributed by atoms with Gasteiger partial charge in [-0.2, -0.15) is 11.8 Å². The number of benzene rings is 1. The minimum atomic E-state index is -2.90. The van der Waals surface area contributed by atoms with Crippen LogP contribution in [0.2, 0.25) is 0 Å². The van der Waals surface area contributed by atoms with Crippen LogP contribution < -0.4 is 15.2 Å². The summed E-state index contributed by atoms with van der Waals surface area (Å²) in [4.78, 5) is 0. The second kappa shape index (κ2) is 6.69. The number of hydrogen-bond acceptors (Lipinski definition) is 6. The number of sulfone groups is 1. The molecule has 1 aliphatic rings. The lowest BCUT2D eigenvalue weighted by Gasteiger charge is -2.20. The molecule has 1 heterocycles. The third-order valence-electron chi connectivity index (χ3n) is 2.89. The molecule has 0 aliphatic carbocycles. The molecular formula is C13H19NO4S2. The van der Waals surface area contributed by atoms with E-state index in [0.717, 1.165) is 17.1 Å². The topological polar surface area (TPSA) is 78.6 Å². The second-order valence-corrected chi connectivity index (χ2v) is 8.12. The van der Waals surface area contributed by atoms with Gasteiger partial charge in [-0.05, 0) is 17.7 Å². The zero-order valence-electron chi connectivity index (χ0n) is 11.4. The van der Waals surface area contributed by atoms with Crippen LogP contribution in [0, 0.1) is 0 Å². The number of hydrogen-bond donors (Lipinski definition) is 1. The SMILES string of the molecule is CS(=O)(=O)CCSCC(N)c1ccc2c(c1)OCCO2. The van der Waals surface area contributed by atoms with Crippen molar-refractivity contribution in [3.05, 3.63) is 23.8 Å². The predicted molar refractivity (Wildman–Crippen MR) is 81.4 cm³/mol. The van der Waals surface area contributed by atoms with Crippen LogP contribution in [-0.2, 0) is 9.84 Å². The molecule has 5 nitrogen and oxygen atoms in total. The van der Waals surface area contributed by atoms with Gasteiger partial charge >= 0.3 is 0 Å². The van der Waals surface area contributed by atoms with Gasteiger partial charge in [0.25, 0.3) is 0 Å². The number of thioether (sulfide) groups is 1. The van der Waals surface area contributed by atoms with Crippen LogP contribution in [-0.4, -0.2) is 45.1 Å². The Morgan fingerprint density at radius 2 is 2.00 bits per heavy atom. The van der Waals surface area contributed by atoms with Crippen LogP contribution in [0.5, 0.6) is 11.5 Å². The third kappa shape index (κ3) is 4.57. The van der Waals surface area contributed by atoms with Gasteiger partial charge < -0.3 is 15.2 Å². The summed E-state index contributed by atoms with van der Waals surface area (Å²) in [6, 6.07) is 5.55. The number of fused-ring (bicyclic) bond motifs is 1. The Bertz CT molecular complexity index is 559. The average Bonchev–Trinajstić information content (AvgIpc) is 2.42. The van der Waals surface area contributed by atoms with E-state index in [2.05, 4.69) is 0 Å². The van der Waals surface area contributed by atoms with E-state index in [4.69, 9.17) is 15.2 Å². The third-order valence-corrected chi connectivity index (χ3v) is 5.18. The molecule has 0 radical (unpaired) electrons. The van der Waals surface area contributed by atoms with Crippen molar-refractivity contribution in [3.63, 3.8) is 0 Å². The normalized spacial score (nSPS) is 15.9. The van der Waals surface area contributed by atoms with Crippen molar-refractivity contribution in [3.8, 4) is 11.5 Å². The Balaban J connectivity index is 1.87. The molecule has 1 atom stereocenters. The van der Waals surface area contributed by atoms with Gasteiger partial charge in [-0.1, -0.05) is 6.07 Å². The Morgan fingerprint density at radius 1 is 1.30 bits per heavy atom. The Labute approximate surface area is 123 Å². The first-order valence-electron chi connectivity index (χ1n) is 6.36. The van der Waals surface area contributed by atoms with Crippen molar-refractivity contribution in [2.24, 2.45) is 5.73 Å². The summed E-state index contributed by atoms with van der Waals surface area (Å²) < 4.78 is 33.0. The Morgan fingerprint density at radius 3 is 2.70 bits per heavy atom. The predicted octanol–water partition coefficient (Wildman–Crippen LogP) is 1.24. The number of nitrogens with two attached hydrogens (primary N) is 1. The molecule has 0 bridgehead atoms. The van der Waals surface area contributed by atoms with Crippen molar-refractivity contribution in [1.29, 1.82) is 0 Å². The summed E-state index contributed by atoms with van der Waals surface area (Å²) in [6.45, 7) is 1.12. The minimum Gasteiger partial charge on any atom is -0.486 e. The van der Waals surface area contributed by atoms with Gasteiger partial charge in [0, 0.05) is 23.8 Å². The fraction of sp³-hybridized carbons (Fsp3) is 0.538. The maximum absolute atomic E-state index is 11.0. The molecule has 0 spiro atoms. The van der Waals surface area contributed by atoms with Crippen molar-refractivity contribution in [1.82, 2.24) is 0 Å². The molecule has 20 heavy (non-hydrogen) atoms. The van der Waals surface area contributed by atoms with E-state index in [1.165, 1.54) is 6.26 Å². The highest BCUT2D eigenvalue weighted by Gasteiger charge is 2.15. The highest BCUT2D eigenvalue weighted by molar-refractivity contribution is 8.00. The van der Waals surface area contributed by atoms with Gasteiger partial charge in [0.2, 0.25) is 0 Å². The zero-order valence-corrected chi connectivity index (χ0v) is 13.0. The first-order valence-corrected chi connectivity index (χ1v) is 9.58. The Kier molecular flexibility index (Phi) is 5.17. The molecule has 1 aliphatic heterocycles. The van der Waals surface area contributed by atoms with Crippen molar-refractivity contribution in [2.45, 2.75) is 6.04 Å². The maximum atomic E-state index is 11.0. The molecule has 7 heteroatoms. The van der Waals surface area contributed by atoms with Gasteiger partial charge in [0.05, 0.1) is 5.75 Å². The van der Waals surface area contributed by atoms with Crippen LogP contribution in [0.25, 0.3) is 0 Å². The summed E-state index contributed by atoms with van der Waals surface area (Å²) in [5.74, 6) is 2.90. The van der Waals surface area contributed by atoms with Gasteiger partial charge in [0.1, 0.15) is 23.1 Å². The Hall–Kier alpha value is -0.920. The van der Waals surface area contributed by atoms with E-state index in [0.29, 0.717) is 24.7 Å². The molecule has 1 aromatic carbocycles. The number of rotatable bonds is 6. The van der Waals surface area contributed by atoms with E-state index in [-0.39, 0.29) is 11.8 Å². The van der Waals surface area contributed by atoms with Gasteiger partial charge in [0.15, 0.2) is 11.5 Å². The van der Waals surface area contributed by atoms with Gasteiger partial charge in [-0.3, -0.25) is 0 Å². The second-order valence-electron chi connectivity index (χ2n) is 4.71. The summed E-state index contributed by atoms with van der Waals surface area (Å²) in [5.41, 5.74) is 7.08. The summed E-state index contributed by atoms with van der Waals surface area (Å²) in [7, 11) is -2.90. The van der Waals surface area contributed by atoms with Crippen LogP contribution >= 0.6 is 11.8 Å². The molecule has 0 fully saturated rings. The van der Waals surface area contributed by atoms with E-state index in [9.17, 15) is 8.42 Å². The van der Waals surface area contributed by atoms with E-state index >= 15 is 0 Å². The lowest BCUT2D eigenvalue weighted by Crippen LogP contribution is -2.18. The summed E-state index contributed by atoms with van der Waals surface area (Å²) >= 11 is 1.54. The van der Waals surface area contributed by atoms with E-state index in [1.807, 2.05) is 18.2 Å². The largest absolute Gasteiger partial charge is 0.486 e. The first-order chi connectivity index (χ1) is 9.46. The van der Waals surface area contributed by atoms with E-state index in [1.54, 1.807) is 11.8 Å². The van der Waals surface area contributed by atoms with Crippen molar-refractivity contribution in [2.75, 3.05) is 36.7 Å². The summed E-state index contributed by atoms with van der Waals surface area (Å²) in [6.07, 6.45) is 1.24. The minimum absolute atomic E-state index is 0.143. The van der Waals surface area contributed by atoms with E-state index < -0.39 is 9.84 Å². The monoisotopic (exact) mass is 317 g/mol. The van der Waals surface area contributed by atoms with Gasteiger partial charge in [-0.15, -0.1) is 0 Å². The molecule has 0 aromatic heterocycles. The average molecular weight is 317 g/mol. The molecule has 0 amide bonds. The molecule has 1 aromatic rings. The van der Waals surface area contributed by atoms with Crippen LogP contribution in [0.15, 0.2) is 18.2 Å². The molecule has 2 rings (SSSR count). The zero-order chi connectivity index (χ0) is 14.6.